The molecule has 1 aromatic heterocycles. The summed E-state index contributed by atoms with van der Waals surface area (Å²) in [4.78, 5) is 30.2. The summed E-state index contributed by atoms with van der Waals surface area (Å²) < 4.78 is 36.0. The summed E-state index contributed by atoms with van der Waals surface area (Å²) in [6.07, 6.45) is 3.07. The Hall–Kier alpha value is -4.10. The summed E-state index contributed by atoms with van der Waals surface area (Å²) in [5.74, 6) is 0.103. The Morgan fingerprint density at radius 2 is 1.76 bits per heavy atom. The Morgan fingerprint density at radius 3 is 2.43 bits per heavy atom. The van der Waals surface area contributed by atoms with E-state index in [1.165, 1.54) is 41.1 Å². The van der Waals surface area contributed by atoms with Gasteiger partial charge in [0.1, 0.15) is 18.4 Å². The number of nitrogens with one attached hydrogen (secondary N) is 1. The molecule has 224 valence electrons. The van der Waals surface area contributed by atoms with E-state index in [2.05, 4.69) is 20.7 Å². The summed E-state index contributed by atoms with van der Waals surface area (Å²) in [5, 5.41) is 15.5. The first-order valence-electron chi connectivity index (χ1n) is 14.0. The van der Waals surface area contributed by atoms with Crippen molar-refractivity contribution in [1.29, 1.82) is 0 Å². The smallest absolute Gasteiger partial charge is 0.247 e. The molecule has 3 atom stereocenters. The van der Waals surface area contributed by atoms with Crippen LogP contribution in [0.2, 0.25) is 0 Å². The molecule has 3 aromatic rings. The van der Waals surface area contributed by atoms with Crippen molar-refractivity contribution in [2.75, 3.05) is 40.5 Å². The van der Waals surface area contributed by atoms with Crippen LogP contribution in [0.25, 0.3) is 11.4 Å². The second-order valence-corrected chi connectivity index (χ2v) is 10.2. The number of methoxy groups -OCH3 is 2. The molecule has 3 heterocycles. The van der Waals surface area contributed by atoms with Crippen molar-refractivity contribution in [1.82, 2.24) is 30.4 Å². The zero-order chi connectivity index (χ0) is 29.5. The molecule has 0 bridgehead atoms. The Labute approximate surface area is 243 Å². The maximum atomic E-state index is 13.9. The third kappa shape index (κ3) is 7.02. The van der Waals surface area contributed by atoms with E-state index in [0.29, 0.717) is 48.2 Å². The second-order valence-electron chi connectivity index (χ2n) is 10.2. The van der Waals surface area contributed by atoms with E-state index in [1.807, 2.05) is 0 Å². The average molecular weight is 583 g/mol. The Balaban J connectivity index is 1.40. The molecular weight excluding hydrogens is 547 g/mol. The quantitative estimate of drug-likeness (QED) is 0.342. The van der Waals surface area contributed by atoms with Crippen LogP contribution in [0.5, 0.6) is 11.5 Å². The van der Waals surface area contributed by atoms with E-state index < -0.39 is 17.8 Å². The zero-order valence-electron chi connectivity index (χ0n) is 23.7. The number of rotatable bonds is 12. The van der Waals surface area contributed by atoms with Gasteiger partial charge in [-0.05, 0) is 66.8 Å². The molecule has 2 fully saturated rings. The number of carbonyl (C=O) groups excluding carboxylic acids is 2. The molecule has 2 aromatic carbocycles. The lowest BCUT2D eigenvalue weighted by atomic mass is 10.0. The number of halogens is 1. The zero-order valence-corrected chi connectivity index (χ0v) is 23.7. The van der Waals surface area contributed by atoms with Crippen molar-refractivity contribution in [3.63, 3.8) is 0 Å². The predicted octanol–water partition coefficient (Wildman–Crippen LogP) is 2.54. The fourth-order valence-corrected chi connectivity index (χ4v) is 5.21. The maximum Gasteiger partial charge on any atom is 0.247 e. The number of benzene rings is 2. The maximum absolute atomic E-state index is 13.9. The third-order valence-corrected chi connectivity index (χ3v) is 7.39. The summed E-state index contributed by atoms with van der Waals surface area (Å²) in [6.45, 7) is 1.45. The fraction of sp³-hybridized carbons (Fsp3) is 0.483. The van der Waals surface area contributed by atoms with Crippen molar-refractivity contribution in [2.24, 2.45) is 0 Å². The van der Waals surface area contributed by atoms with Crippen molar-refractivity contribution >= 4 is 11.8 Å². The highest BCUT2D eigenvalue weighted by Crippen LogP contribution is 2.31. The summed E-state index contributed by atoms with van der Waals surface area (Å²) >= 11 is 0. The molecular formula is C29H35FN6O6. The topological polar surface area (TPSA) is 130 Å². The number of hydrogen-bond donors (Lipinski definition) is 1. The van der Waals surface area contributed by atoms with E-state index in [4.69, 9.17) is 18.9 Å². The van der Waals surface area contributed by atoms with Gasteiger partial charge in [-0.1, -0.05) is 12.1 Å². The highest BCUT2D eigenvalue weighted by Gasteiger charge is 2.35. The number of hydrogen-bond acceptors (Lipinski definition) is 9. The van der Waals surface area contributed by atoms with Gasteiger partial charge >= 0.3 is 0 Å². The molecule has 2 amide bonds. The van der Waals surface area contributed by atoms with Crippen LogP contribution in [0.1, 0.15) is 37.3 Å². The van der Waals surface area contributed by atoms with Crippen LogP contribution in [0.3, 0.4) is 0 Å². The first kappa shape index (κ1) is 29.4. The van der Waals surface area contributed by atoms with Gasteiger partial charge in [0.2, 0.25) is 17.6 Å². The molecule has 5 rings (SSSR count). The molecule has 1 N–H and O–H groups in total. The van der Waals surface area contributed by atoms with Crippen molar-refractivity contribution in [2.45, 2.75) is 50.5 Å². The van der Waals surface area contributed by atoms with E-state index >= 15 is 0 Å². The SMILES string of the molecule is COc1ccc(-c2nnn(CC(=O)N(C[C@@H]3CCCO3)[C@H](C(=O)NC[C@H]3CCCO3)c3ccc(F)cc3)n2)cc1OC. The van der Waals surface area contributed by atoms with Crippen molar-refractivity contribution < 1.29 is 32.9 Å². The molecule has 42 heavy (non-hydrogen) atoms. The summed E-state index contributed by atoms with van der Waals surface area (Å²) in [7, 11) is 3.07. The van der Waals surface area contributed by atoms with Crippen LogP contribution in [-0.4, -0.2) is 89.7 Å². The number of carbonyl (C=O) groups is 2. The first-order valence-corrected chi connectivity index (χ1v) is 14.0. The minimum absolute atomic E-state index is 0.0838. The molecule has 0 spiro atoms. The Kier molecular flexibility index (Phi) is 9.59. The molecule has 0 unspecified atom stereocenters. The molecule has 12 nitrogen and oxygen atoms in total. The number of amides is 2. The largest absolute Gasteiger partial charge is 0.493 e. The monoisotopic (exact) mass is 582 g/mol. The standard InChI is InChI=1S/C29H35FN6O6/c1-39-24-12-9-20(15-25(24)40-2)28-32-34-36(33-28)18-26(37)35(17-23-6-4-14-42-23)27(19-7-10-21(30)11-8-19)29(38)31-16-22-5-3-13-41-22/h7-12,15,22-23,27H,3-6,13-14,16-18H2,1-2H3,(H,31,38)/t22-,23+,27+/m1/s1. The first-order chi connectivity index (χ1) is 20.4. The van der Waals surface area contributed by atoms with E-state index in [-0.39, 0.29) is 31.2 Å². The fourth-order valence-electron chi connectivity index (χ4n) is 5.21. The molecule has 2 saturated heterocycles. The van der Waals surface area contributed by atoms with E-state index in [9.17, 15) is 14.0 Å². The van der Waals surface area contributed by atoms with Gasteiger partial charge in [-0.25, -0.2) is 4.39 Å². The van der Waals surface area contributed by atoms with Crippen molar-refractivity contribution in [3.8, 4) is 22.9 Å². The lowest BCUT2D eigenvalue weighted by molar-refractivity contribution is -0.143. The van der Waals surface area contributed by atoms with Crippen LogP contribution in [0.15, 0.2) is 42.5 Å². The number of nitrogens with zero attached hydrogens (tertiary/aromatic N) is 5. The van der Waals surface area contributed by atoms with Gasteiger partial charge in [-0.15, -0.1) is 10.2 Å². The van der Waals surface area contributed by atoms with Crippen LogP contribution in [-0.2, 0) is 25.6 Å². The van der Waals surface area contributed by atoms with Gasteiger partial charge in [0, 0.05) is 31.9 Å². The average Bonchev–Trinajstić information content (AvgIpc) is 3.80. The van der Waals surface area contributed by atoms with Gasteiger partial charge < -0.3 is 29.2 Å². The number of aromatic nitrogens is 4. The van der Waals surface area contributed by atoms with Gasteiger partial charge in [0.25, 0.3) is 0 Å². The highest BCUT2D eigenvalue weighted by atomic mass is 19.1. The summed E-state index contributed by atoms with van der Waals surface area (Å²) in [6, 6.07) is 9.77. The number of ether oxygens (including phenoxy) is 4. The van der Waals surface area contributed by atoms with Gasteiger partial charge in [0.05, 0.1) is 26.4 Å². The second kappa shape index (κ2) is 13.7. The van der Waals surface area contributed by atoms with Gasteiger partial charge in [0.15, 0.2) is 11.5 Å². The van der Waals surface area contributed by atoms with E-state index in [0.717, 1.165) is 25.7 Å². The minimum atomic E-state index is -1.03. The molecule has 0 radical (unpaired) electrons. The molecule has 0 saturated carbocycles. The highest BCUT2D eigenvalue weighted by molar-refractivity contribution is 5.88. The molecule has 0 aliphatic carbocycles. The molecule has 13 heteroatoms. The van der Waals surface area contributed by atoms with Crippen LogP contribution >= 0.6 is 0 Å². The lowest BCUT2D eigenvalue weighted by Gasteiger charge is -2.33. The third-order valence-electron chi connectivity index (χ3n) is 7.39. The summed E-state index contributed by atoms with van der Waals surface area (Å²) in [5.41, 5.74) is 1.10. The molecule has 2 aliphatic rings. The van der Waals surface area contributed by atoms with Crippen LogP contribution in [0, 0.1) is 5.82 Å². The predicted molar refractivity (Wildman–Crippen MR) is 148 cm³/mol. The van der Waals surface area contributed by atoms with Crippen LogP contribution < -0.4 is 14.8 Å². The van der Waals surface area contributed by atoms with Crippen LogP contribution in [0.4, 0.5) is 4.39 Å². The Morgan fingerprint density at radius 1 is 1.05 bits per heavy atom. The molecule has 2 aliphatic heterocycles. The van der Waals surface area contributed by atoms with E-state index in [1.54, 1.807) is 25.3 Å². The van der Waals surface area contributed by atoms with Gasteiger partial charge in [-0.2, -0.15) is 4.80 Å². The minimum Gasteiger partial charge on any atom is -0.493 e. The Bertz CT molecular complexity index is 1360. The number of tetrazole rings is 1. The lowest BCUT2D eigenvalue weighted by Crippen LogP contribution is -2.48. The van der Waals surface area contributed by atoms with Gasteiger partial charge in [-0.3, -0.25) is 9.59 Å². The normalized spacial score (nSPS) is 18.9. The van der Waals surface area contributed by atoms with Crippen molar-refractivity contribution in [3.05, 3.63) is 53.8 Å².